The van der Waals surface area contributed by atoms with Crippen molar-refractivity contribution in [3.8, 4) is 0 Å². The average molecular weight is 352 g/mol. The van der Waals surface area contributed by atoms with Crippen molar-refractivity contribution in [1.29, 1.82) is 0 Å². The molecule has 4 bridgehead atoms. The summed E-state index contributed by atoms with van der Waals surface area (Å²) in [5, 5.41) is 7.31. The van der Waals surface area contributed by atoms with Gasteiger partial charge in [0.2, 0.25) is 0 Å². The van der Waals surface area contributed by atoms with E-state index in [1.165, 1.54) is 38.5 Å². The van der Waals surface area contributed by atoms with Crippen molar-refractivity contribution in [2.45, 2.75) is 38.5 Å². The molecule has 0 unspecified atom stereocenters. The number of carbonyl (C=O) groups is 1. The van der Waals surface area contributed by atoms with Gasteiger partial charge in [-0.25, -0.2) is 0 Å². The van der Waals surface area contributed by atoms with Gasteiger partial charge in [-0.15, -0.1) is 0 Å². The maximum atomic E-state index is 12.4. The molecule has 1 N–H and O–H groups in total. The molecule has 4 aliphatic carbocycles. The van der Waals surface area contributed by atoms with Crippen LogP contribution < -0.4 is 5.32 Å². The first-order chi connectivity index (χ1) is 10.0. The van der Waals surface area contributed by atoms with Gasteiger partial charge in [0.15, 0.2) is 0 Å². The molecule has 5 rings (SSSR count). The van der Waals surface area contributed by atoms with E-state index in [1.54, 1.807) is 10.9 Å². The van der Waals surface area contributed by atoms with Gasteiger partial charge in [0.25, 0.3) is 5.91 Å². The number of amides is 1. The first kappa shape index (κ1) is 13.8. The normalized spacial score (nSPS) is 37.0. The minimum atomic E-state index is -0.00220. The highest BCUT2D eigenvalue weighted by atomic mass is 79.9. The number of hydrogen-bond acceptors (Lipinski definition) is 2. The van der Waals surface area contributed by atoms with Crippen molar-refractivity contribution in [1.82, 2.24) is 15.1 Å². The number of hydrogen-bond donors (Lipinski definition) is 1. The van der Waals surface area contributed by atoms with Crippen LogP contribution in [-0.2, 0) is 7.05 Å². The van der Waals surface area contributed by atoms with Gasteiger partial charge >= 0.3 is 0 Å². The fourth-order valence-corrected chi connectivity index (χ4v) is 6.05. The van der Waals surface area contributed by atoms with Gasteiger partial charge in [-0.1, -0.05) is 0 Å². The summed E-state index contributed by atoms with van der Waals surface area (Å²) in [5.74, 6) is 2.78. The third kappa shape index (κ3) is 2.33. The molecule has 114 valence electrons. The lowest BCUT2D eigenvalue weighted by Crippen LogP contribution is -2.51. The maximum absolute atomic E-state index is 12.4. The van der Waals surface area contributed by atoms with Crippen LogP contribution in [0.2, 0.25) is 0 Å². The highest BCUT2D eigenvalue weighted by Gasteiger charge is 2.50. The topological polar surface area (TPSA) is 46.9 Å². The van der Waals surface area contributed by atoms with E-state index in [0.717, 1.165) is 28.8 Å². The number of halogens is 1. The number of nitrogens with one attached hydrogen (secondary N) is 1. The molecule has 0 aromatic carbocycles. The van der Waals surface area contributed by atoms with Crippen LogP contribution in [0, 0.1) is 23.2 Å². The number of rotatable bonds is 3. The van der Waals surface area contributed by atoms with Gasteiger partial charge in [0, 0.05) is 13.6 Å². The Morgan fingerprint density at radius 2 is 1.90 bits per heavy atom. The molecule has 1 aromatic rings. The average Bonchev–Trinajstić information content (AvgIpc) is 2.74. The van der Waals surface area contributed by atoms with Crippen LogP contribution in [0.1, 0.15) is 49.0 Å². The predicted molar refractivity (Wildman–Crippen MR) is 83.8 cm³/mol. The Labute approximate surface area is 133 Å². The van der Waals surface area contributed by atoms with Crippen LogP contribution in [-0.4, -0.2) is 22.2 Å². The Morgan fingerprint density at radius 3 is 2.38 bits per heavy atom. The second kappa shape index (κ2) is 4.83. The number of aromatic nitrogens is 2. The van der Waals surface area contributed by atoms with E-state index < -0.39 is 0 Å². The molecule has 4 fully saturated rings. The summed E-state index contributed by atoms with van der Waals surface area (Å²) in [6.45, 7) is 0.840. The molecule has 0 aliphatic heterocycles. The quantitative estimate of drug-likeness (QED) is 0.909. The third-order valence-corrected chi connectivity index (χ3v) is 6.48. The first-order valence-corrected chi connectivity index (χ1v) is 8.80. The second-order valence-corrected chi connectivity index (χ2v) is 8.42. The highest BCUT2D eigenvalue weighted by Crippen LogP contribution is 2.59. The van der Waals surface area contributed by atoms with Crippen LogP contribution in [0.25, 0.3) is 0 Å². The SMILES string of the molecule is Cn1ncc(Br)c1C(=O)NCC12CC3CC(CC(C3)C1)C2. The van der Waals surface area contributed by atoms with Crippen molar-refractivity contribution in [2.24, 2.45) is 30.2 Å². The van der Waals surface area contributed by atoms with Crippen molar-refractivity contribution in [2.75, 3.05) is 6.54 Å². The van der Waals surface area contributed by atoms with E-state index in [2.05, 4.69) is 26.3 Å². The Kier molecular flexibility index (Phi) is 3.18. The monoisotopic (exact) mass is 351 g/mol. The van der Waals surface area contributed by atoms with E-state index in [9.17, 15) is 4.79 Å². The molecule has 21 heavy (non-hydrogen) atoms. The Bertz CT molecular complexity index is 525. The second-order valence-electron chi connectivity index (χ2n) is 7.56. The molecule has 0 atom stereocenters. The van der Waals surface area contributed by atoms with E-state index in [4.69, 9.17) is 0 Å². The molecule has 0 spiro atoms. The molecule has 0 radical (unpaired) electrons. The zero-order chi connectivity index (χ0) is 14.6. The third-order valence-electron chi connectivity index (χ3n) is 5.90. The Morgan fingerprint density at radius 1 is 1.33 bits per heavy atom. The van der Waals surface area contributed by atoms with Crippen LogP contribution in [0.5, 0.6) is 0 Å². The first-order valence-electron chi connectivity index (χ1n) is 8.00. The smallest absolute Gasteiger partial charge is 0.270 e. The summed E-state index contributed by atoms with van der Waals surface area (Å²) < 4.78 is 2.41. The van der Waals surface area contributed by atoms with Gasteiger partial charge in [0.1, 0.15) is 5.69 Å². The predicted octanol–water partition coefficient (Wildman–Crippen LogP) is 3.13. The zero-order valence-corrected chi connectivity index (χ0v) is 14.0. The standard InChI is InChI=1S/C16H22BrN3O/c1-20-14(13(17)8-19-20)15(21)18-9-16-5-10-2-11(6-16)4-12(3-10)7-16/h8,10-12H,2-7,9H2,1H3,(H,18,21). The maximum Gasteiger partial charge on any atom is 0.270 e. The fourth-order valence-electron chi connectivity index (χ4n) is 5.52. The molecule has 5 heteroatoms. The van der Waals surface area contributed by atoms with Gasteiger partial charge in [0.05, 0.1) is 10.7 Å². The summed E-state index contributed by atoms with van der Waals surface area (Å²) in [7, 11) is 1.81. The molecule has 4 nitrogen and oxygen atoms in total. The molecule has 1 amide bonds. The van der Waals surface area contributed by atoms with E-state index >= 15 is 0 Å². The highest BCUT2D eigenvalue weighted by molar-refractivity contribution is 9.10. The van der Waals surface area contributed by atoms with Gasteiger partial charge < -0.3 is 5.32 Å². The fraction of sp³-hybridized carbons (Fsp3) is 0.750. The van der Waals surface area contributed by atoms with E-state index in [1.807, 2.05) is 7.05 Å². The van der Waals surface area contributed by atoms with Crippen LogP contribution in [0.3, 0.4) is 0 Å². The van der Waals surface area contributed by atoms with Crippen LogP contribution >= 0.6 is 15.9 Å². The summed E-state index contributed by atoms with van der Waals surface area (Å²) in [6.07, 6.45) is 9.99. The Balaban J connectivity index is 1.46. The number of nitrogens with zero attached hydrogens (tertiary/aromatic N) is 2. The van der Waals surface area contributed by atoms with Gasteiger partial charge in [-0.2, -0.15) is 5.10 Å². The summed E-state index contributed by atoms with van der Waals surface area (Å²) in [5.41, 5.74) is 1.01. The van der Waals surface area contributed by atoms with E-state index in [0.29, 0.717) is 11.1 Å². The zero-order valence-electron chi connectivity index (χ0n) is 12.4. The molecular weight excluding hydrogens is 330 g/mol. The molecule has 1 aromatic heterocycles. The van der Waals surface area contributed by atoms with Crippen LogP contribution in [0.4, 0.5) is 0 Å². The summed E-state index contributed by atoms with van der Waals surface area (Å²) >= 11 is 3.41. The van der Waals surface area contributed by atoms with Crippen molar-refractivity contribution < 1.29 is 4.79 Å². The molecule has 0 saturated heterocycles. The largest absolute Gasteiger partial charge is 0.350 e. The minimum Gasteiger partial charge on any atom is -0.350 e. The van der Waals surface area contributed by atoms with Gasteiger partial charge in [-0.3, -0.25) is 9.48 Å². The molecular formula is C16H22BrN3O. The lowest BCUT2D eigenvalue weighted by Gasteiger charge is -2.56. The summed E-state index contributed by atoms with van der Waals surface area (Å²) in [4.78, 5) is 12.4. The molecule has 4 aliphatic rings. The summed E-state index contributed by atoms with van der Waals surface area (Å²) in [6, 6.07) is 0. The van der Waals surface area contributed by atoms with Crippen molar-refractivity contribution in [3.63, 3.8) is 0 Å². The van der Waals surface area contributed by atoms with Crippen molar-refractivity contribution >= 4 is 21.8 Å². The van der Waals surface area contributed by atoms with E-state index in [-0.39, 0.29) is 5.91 Å². The molecule has 1 heterocycles. The lowest BCUT2D eigenvalue weighted by atomic mass is 9.49. The number of carbonyl (C=O) groups excluding carboxylic acids is 1. The Hall–Kier alpha value is -0.840. The van der Waals surface area contributed by atoms with Crippen LogP contribution in [0.15, 0.2) is 10.7 Å². The minimum absolute atomic E-state index is 0.00220. The lowest BCUT2D eigenvalue weighted by molar-refractivity contribution is -0.0503. The van der Waals surface area contributed by atoms with Gasteiger partial charge in [-0.05, 0) is 77.6 Å². The van der Waals surface area contributed by atoms with Crippen molar-refractivity contribution in [3.05, 3.63) is 16.4 Å². The molecule has 4 saturated carbocycles. The number of aryl methyl sites for hydroxylation is 1.